The second-order valence-electron chi connectivity index (χ2n) is 2.54. The molecule has 1 atom stereocenters. The van der Waals surface area contributed by atoms with E-state index in [4.69, 9.17) is 0 Å². The monoisotopic (exact) mass is 181 g/mol. The summed E-state index contributed by atoms with van der Waals surface area (Å²) in [5.41, 5.74) is 0. The summed E-state index contributed by atoms with van der Waals surface area (Å²) >= 11 is 1.49. The molecule has 0 fully saturated rings. The Labute approximate surface area is 76.4 Å². The number of hydrogen-bond acceptors (Lipinski definition) is 3. The van der Waals surface area contributed by atoms with Crippen LogP contribution >= 0.6 is 11.8 Å². The number of nitrogens with zero attached hydrogens (tertiary/aromatic N) is 1. The SMILES string of the molecule is CC(=O)C(C)Sc1ccccn1. The first-order chi connectivity index (χ1) is 5.70. The van der Waals surface area contributed by atoms with Gasteiger partial charge in [-0.2, -0.15) is 0 Å². The number of thioether (sulfide) groups is 1. The van der Waals surface area contributed by atoms with Gasteiger partial charge in [0.1, 0.15) is 5.78 Å². The molecule has 1 aromatic heterocycles. The van der Waals surface area contributed by atoms with Crippen LogP contribution in [0.3, 0.4) is 0 Å². The van der Waals surface area contributed by atoms with E-state index in [1.807, 2.05) is 25.1 Å². The zero-order valence-corrected chi connectivity index (χ0v) is 7.97. The van der Waals surface area contributed by atoms with Crippen molar-refractivity contribution in [2.24, 2.45) is 0 Å². The molecule has 12 heavy (non-hydrogen) atoms. The van der Waals surface area contributed by atoms with E-state index in [1.54, 1.807) is 13.1 Å². The van der Waals surface area contributed by atoms with E-state index in [0.29, 0.717) is 0 Å². The Balaban J connectivity index is 2.58. The van der Waals surface area contributed by atoms with Gasteiger partial charge in [0.05, 0.1) is 10.3 Å². The molecule has 0 aliphatic heterocycles. The standard InChI is InChI=1S/C9H11NOS/c1-7(11)8(2)12-9-5-3-4-6-10-9/h3-6,8H,1-2H3. The highest BCUT2D eigenvalue weighted by Gasteiger charge is 2.08. The molecule has 0 aliphatic rings. The molecular weight excluding hydrogens is 170 g/mol. The van der Waals surface area contributed by atoms with Crippen LogP contribution in [0.2, 0.25) is 0 Å². The summed E-state index contributed by atoms with van der Waals surface area (Å²) in [6.45, 7) is 3.49. The van der Waals surface area contributed by atoms with Crippen LogP contribution in [0.25, 0.3) is 0 Å². The maximum atomic E-state index is 10.9. The third kappa shape index (κ3) is 2.66. The first-order valence-electron chi connectivity index (χ1n) is 3.78. The van der Waals surface area contributed by atoms with Crippen molar-refractivity contribution in [3.8, 4) is 0 Å². The largest absolute Gasteiger partial charge is 0.299 e. The Morgan fingerprint density at radius 1 is 1.58 bits per heavy atom. The van der Waals surface area contributed by atoms with Gasteiger partial charge >= 0.3 is 0 Å². The molecule has 0 aliphatic carbocycles. The Morgan fingerprint density at radius 3 is 2.83 bits per heavy atom. The molecule has 0 aromatic carbocycles. The maximum Gasteiger partial charge on any atom is 0.142 e. The molecule has 1 unspecified atom stereocenters. The lowest BCUT2D eigenvalue weighted by atomic mass is 10.3. The summed E-state index contributed by atoms with van der Waals surface area (Å²) in [5.74, 6) is 0.186. The minimum absolute atomic E-state index is 0.0000926. The summed E-state index contributed by atoms with van der Waals surface area (Å²) in [7, 11) is 0. The fourth-order valence-electron chi connectivity index (χ4n) is 0.681. The molecule has 2 nitrogen and oxygen atoms in total. The van der Waals surface area contributed by atoms with E-state index in [0.717, 1.165) is 5.03 Å². The molecule has 3 heteroatoms. The number of carbonyl (C=O) groups excluding carboxylic acids is 1. The fourth-order valence-corrected chi connectivity index (χ4v) is 1.49. The van der Waals surface area contributed by atoms with Crippen molar-refractivity contribution in [3.05, 3.63) is 24.4 Å². The van der Waals surface area contributed by atoms with Crippen molar-refractivity contribution in [1.29, 1.82) is 0 Å². The number of hydrogen-bond donors (Lipinski definition) is 0. The number of rotatable bonds is 3. The van der Waals surface area contributed by atoms with Crippen LogP contribution in [0.4, 0.5) is 0 Å². The Hall–Kier alpha value is -0.830. The van der Waals surface area contributed by atoms with E-state index >= 15 is 0 Å². The Kier molecular flexibility index (Phi) is 3.29. The molecule has 0 saturated heterocycles. The minimum atomic E-state index is -0.0000926. The predicted octanol–water partition coefficient (Wildman–Crippen LogP) is 2.15. The van der Waals surface area contributed by atoms with Gasteiger partial charge in [0.25, 0.3) is 0 Å². The van der Waals surface area contributed by atoms with Gasteiger partial charge in [0, 0.05) is 6.20 Å². The number of carbonyl (C=O) groups is 1. The molecule has 1 aromatic rings. The van der Waals surface area contributed by atoms with Gasteiger partial charge in [-0.3, -0.25) is 4.79 Å². The highest BCUT2D eigenvalue weighted by atomic mass is 32.2. The van der Waals surface area contributed by atoms with Crippen LogP contribution in [-0.2, 0) is 4.79 Å². The van der Waals surface area contributed by atoms with Gasteiger partial charge < -0.3 is 0 Å². The molecular formula is C9H11NOS. The summed E-state index contributed by atoms with van der Waals surface area (Å²) in [6.07, 6.45) is 1.73. The molecule has 0 spiro atoms. The van der Waals surface area contributed by atoms with E-state index in [-0.39, 0.29) is 11.0 Å². The van der Waals surface area contributed by atoms with Gasteiger partial charge in [0.15, 0.2) is 0 Å². The van der Waals surface area contributed by atoms with E-state index in [1.165, 1.54) is 11.8 Å². The molecule has 0 saturated carbocycles. The number of aromatic nitrogens is 1. The van der Waals surface area contributed by atoms with Crippen molar-refractivity contribution in [2.75, 3.05) is 0 Å². The molecule has 0 radical (unpaired) electrons. The van der Waals surface area contributed by atoms with E-state index < -0.39 is 0 Å². The Bertz CT molecular complexity index is 260. The maximum absolute atomic E-state index is 10.9. The summed E-state index contributed by atoms with van der Waals surface area (Å²) in [6, 6.07) is 5.69. The van der Waals surface area contributed by atoms with Gasteiger partial charge in [-0.15, -0.1) is 0 Å². The highest BCUT2D eigenvalue weighted by molar-refractivity contribution is 8.00. The normalized spacial score (nSPS) is 12.5. The fraction of sp³-hybridized carbons (Fsp3) is 0.333. The minimum Gasteiger partial charge on any atom is -0.299 e. The molecule has 1 rings (SSSR count). The first kappa shape index (κ1) is 9.26. The number of pyridine rings is 1. The van der Waals surface area contributed by atoms with Gasteiger partial charge in [-0.1, -0.05) is 17.8 Å². The lowest BCUT2D eigenvalue weighted by molar-refractivity contribution is -0.116. The lowest BCUT2D eigenvalue weighted by Gasteiger charge is -2.04. The average molecular weight is 181 g/mol. The lowest BCUT2D eigenvalue weighted by Crippen LogP contribution is -2.07. The zero-order valence-electron chi connectivity index (χ0n) is 7.15. The smallest absolute Gasteiger partial charge is 0.142 e. The van der Waals surface area contributed by atoms with Crippen molar-refractivity contribution in [2.45, 2.75) is 24.1 Å². The summed E-state index contributed by atoms with van der Waals surface area (Å²) < 4.78 is 0. The van der Waals surface area contributed by atoms with Crippen LogP contribution in [0.1, 0.15) is 13.8 Å². The van der Waals surface area contributed by atoms with E-state index in [2.05, 4.69) is 4.98 Å². The molecule has 0 bridgehead atoms. The predicted molar refractivity (Wildman–Crippen MR) is 50.2 cm³/mol. The zero-order chi connectivity index (χ0) is 8.97. The molecule has 0 amide bonds. The Morgan fingerprint density at radius 2 is 2.33 bits per heavy atom. The van der Waals surface area contributed by atoms with Gasteiger partial charge in [0.2, 0.25) is 0 Å². The average Bonchev–Trinajstić information content (AvgIpc) is 2.06. The highest BCUT2D eigenvalue weighted by Crippen LogP contribution is 2.20. The van der Waals surface area contributed by atoms with Crippen molar-refractivity contribution >= 4 is 17.5 Å². The van der Waals surface area contributed by atoms with Crippen LogP contribution in [0.15, 0.2) is 29.4 Å². The van der Waals surface area contributed by atoms with Crippen LogP contribution < -0.4 is 0 Å². The van der Waals surface area contributed by atoms with Gasteiger partial charge in [-0.05, 0) is 26.0 Å². The number of Topliss-reactive ketones (excluding diaryl/α,β-unsaturated/α-hetero) is 1. The van der Waals surface area contributed by atoms with Crippen molar-refractivity contribution in [1.82, 2.24) is 4.98 Å². The van der Waals surface area contributed by atoms with Crippen molar-refractivity contribution < 1.29 is 4.79 Å². The molecule has 1 heterocycles. The topological polar surface area (TPSA) is 30.0 Å². The third-order valence-corrected chi connectivity index (χ3v) is 2.68. The quantitative estimate of drug-likeness (QED) is 0.669. The summed E-state index contributed by atoms with van der Waals surface area (Å²) in [4.78, 5) is 15.0. The van der Waals surface area contributed by atoms with Crippen LogP contribution in [-0.4, -0.2) is 16.0 Å². The van der Waals surface area contributed by atoms with Crippen LogP contribution in [0, 0.1) is 0 Å². The molecule has 64 valence electrons. The first-order valence-corrected chi connectivity index (χ1v) is 4.66. The second-order valence-corrected chi connectivity index (χ2v) is 3.90. The van der Waals surface area contributed by atoms with Crippen LogP contribution in [0.5, 0.6) is 0 Å². The second kappa shape index (κ2) is 4.26. The molecule has 0 N–H and O–H groups in total. The third-order valence-electron chi connectivity index (χ3n) is 1.51. The summed E-state index contributed by atoms with van der Waals surface area (Å²) in [5, 5.41) is 0.903. The van der Waals surface area contributed by atoms with E-state index in [9.17, 15) is 4.79 Å². The van der Waals surface area contributed by atoms with Gasteiger partial charge in [-0.25, -0.2) is 4.98 Å². The van der Waals surface area contributed by atoms with Crippen molar-refractivity contribution in [3.63, 3.8) is 0 Å². The number of ketones is 1.